The average Bonchev–Trinajstić information content (AvgIpc) is 3.02. The summed E-state index contributed by atoms with van der Waals surface area (Å²) in [6.45, 7) is 2.73. The van der Waals surface area contributed by atoms with E-state index >= 15 is 0 Å². The standard InChI is InChI=1S/C20H17F3N2O5/c1-11(25-15-5-3-4-6-16(15)30-19(25)28)18(27)29-12(2)17(26)24-14-9-7-13(8-10-14)20(21,22)23/h3-12H,1-2H3,(H,24,26)/t11-,12-/m1/s1. The van der Waals surface area contributed by atoms with E-state index in [1.54, 1.807) is 24.3 Å². The van der Waals surface area contributed by atoms with Gasteiger partial charge in [0.25, 0.3) is 5.91 Å². The summed E-state index contributed by atoms with van der Waals surface area (Å²) in [6, 6.07) is 9.29. The predicted molar refractivity (Wildman–Crippen MR) is 101 cm³/mol. The van der Waals surface area contributed by atoms with Crippen LogP contribution in [0, 0.1) is 0 Å². The van der Waals surface area contributed by atoms with Crippen LogP contribution in [-0.2, 0) is 20.5 Å². The molecule has 0 aliphatic heterocycles. The number of fused-ring (bicyclic) bond motifs is 1. The molecule has 30 heavy (non-hydrogen) atoms. The monoisotopic (exact) mass is 422 g/mol. The Morgan fingerprint density at radius 1 is 1.07 bits per heavy atom. The number of ether oxygens (including phenoxy) is 1. The molecule has 7 nitrogen and oxygen atoms in total. The van der Waals surface area contributed by atoms with Crippen molar-refractivity contribution >= 4 is 28.7 Å². The van der Waals surface area contributed by atoms with Crippen molar-refractivity contribution in [2.75, 3.05) is 5.32 Å². The number of aromatic nitrogens is 1. The molecule has 158 valence electrons. The zero-order valence-corrected chi connectivity index (χ0v) is 15.9. The second kappa shape index (κ2) is 8.05. The molecule has 0 saturated heterocycles. The summed E-state index contributed by atoms with van der Waals surface area (Å²) < 4.78 is 49.1. The molecule has 0 radical (unpaired) electrons. The molecular formula is C20H17F3N2O5. The first-order chi connectivity index (χ1) is 14.1. The van der Waals surface area contributed by atoms with E-state index in [4.69, 9.17) is 9.15 Å². The fourth-order valence-corrected chi connectivity index (χ4v) is 2.77. The van der Waals surface area contributed by atoms with Crippen LogP contribution in [0.25, 0.3) is 11.1 Å². The van der Waals surface area contributed by atoms with E-state index in [0.717, 1.165) is 28.8 Å². The van der Waals surface area contributed by atoms with Crippen LogP contribution < -0.4 is 11.1 Å². The van der Waals surface area contributed by atoms with Crippen molar-refractivity contribution in [3.05, 3.63) is 64.6 Å². The number of halogens is 3. The van der Waals surface area contributed by atoms with Gasteiger partial charge in [-0.05, 0) is 50.2 Å². The van der Waals surface area contributed by atoms with Crippen molar-refractivity contribution < 1.29 is 31.9 Å². The van der Waals surface area contributed by atoms with E-state index in [-0.39, 0.29) is 5.69 Å². The summed E-state index contributed by atoms with van der Waals surface area (Å²) in [6.07, 6.45) is -5.74. The van der Waals surface area contributed by atoms with Gasteiger partial charge in [-0.3, -0.25) is 9.36 Å². The number of alkyl halides is 3. The van der Waals surface area contributed by atoms with Gasteiger partial charge in [-0.25, -0.2) is 9.59 Å². The first kappa shape index (κ1) is 21.2. The van der Waals surface area contributed by atoms with Gasteiger partial charge in [-0.15, -0.1) is 0 Å². The highest BCUT2D eigenvalue weighted by molar-refractivity contribution is 5.95. The van der Waals surface area contributed by atoms with Crippen molar-refractivity contribution in [2.24, 2.45) is 0 Å². The van der Waals surface area contributed by atoms with Crippen LogP contribution in [0.5, 0.6) is 0 Å². The molecule has 3 rings (SSSR count). The fourth-order valence-electron chi connectivity index (χ4n) is 2.77. The minimum Gasteiger partial charge on any atom is -0.451 e. The Balaban J connectivity index is 1.66. The minimum absolute atomic E-state index is 0.112. The van der Waals surface area contributed by atoms with Crippen molar-refractivity contribution in [3.63, 3.8) is 0 Å². The molecule has 0 spiro atoms. The third kappa shape index (κ3) is 4.37. The minimum atomic E-state index is -4.49. The van der Waals surface area contributed by atoms with Gasteiger partial charge < -0.3 is 14.5 Å². The Kier molecular flexibility index (Phi) is 5.68. The highest BCUT2D eigenvalue weighted by Gasteiger charge is 2.30. The van der Waals surface area contributed by atoms with Crippen LogP contribution in [0.2, 0.25) is 0 Å². The van der Waals surface area contributed by atoms with Crippen molar-refractivity contribution in [1.82, 2.24) is 4.57 Å². The first-order valence-corrected chi connectivity index (χ1v) is 8.86. The Bertz CT molecular complexity index is 1130. The van der Waals surface area contributed by atoms with Gasteiger partial charge >= 0.3 is 17.9 Å². The number of carbonyl (C=O) groups excluding carboxylic acids is 2. The zero-order chi connectivity index (χ0) is 22.1. The Morgan fingerprint density at radius 2 is 1.70 bits per heavy atom. The van der Waals surface area contributed by atoms with E-state index in [0.29, 0.717) is 11.1 Å². The molecule has 0 bridgehead atoms. The number of anilines is 1. The highest BCUT2D eigenvalue weighted by Crippen LogP contribution is 2.29. The third-order valence-corrected chi connectivity index (χ3v) is 4.39. The number of amides is 1. The highest BCUT2D eigenvalue weighted by atomic mass is 19.4. The van der Waals surface area contributed by atoms with Gasteiger partial charge in [0.05, 0.1) is 11.1 Å². The van der Waals surface area contributed by atoms with Gasteiger partial charge in [-0.1, -0.05) is 12.1 Å². The average molecular weight is 422 g/mol. The number of para-hydroxylation sites is 2. The number of nitrogens with zero attached hydrogens (tertiary/aromatic N) is 1. The molecule has 2 aromatic carbocycles. The van der Waals surface area contributed by atoms with E-state index in [9.17, 15) is 27.6 Å². The molecule has 0 aliphatic carbocycles. The summed E-state index contributed by atoms with van der Waals surface area (Å²) in [5.41, 5.74) is -0.0448. The quantitative estimate of drug-likeness (QED) is 0.633. The SMILES string of the molecule is C[C@H](C(=O)O[C@H](C)C(=O)Nc1ccc(C(F)(F)F)cc1)n1c(=O)oc2ccccc21. The molecule has 3 aromatic rings. The van der Waals surface area contributed by atoms with Crippen LogP contribution in [-0.4, -0.2) is 22.5 Å². The van der Waals surface area contributed by atoms with Gasteiger partial charge in [0.1, 0.15) is 6.04 Å². The lowest BCUT2D eigenvalue weighted by molar-refractivity contribution is -0.156. The van der Waals surface area contributed by atoms with E-state index in [2.05, 4.69) is 5.32 Å². The van der Waals surface area contributed by atoms with Crippen molar-refractivity contribution in [1.29, 1.82) is 0 Å². The number of benzene rings is 2. The number of hydrogen-bond acceptors (Lipinski definition) is 5. The number of hydrogen-bond donors (Lipinski definition) is 1. The van der Waals surface area contributed by atoms with E-state index in [1.807, 2.05) is 0 Å². The summed E-state index contributed by atoms with van der Waals surface area (Å²) in [7, 11) is 0. The summed E-state index contributed by atoms with van der Waals surface area (Å²) in [5.74, 6) is -2.33. The van der Waals surface area contributed by atoms with Gasteiger partial charge in [-0.2, -0.15) is 13.2 Å². The third-order valence-electron chi connectivity index (χ3n) is 4.39. The second-order valence-electron chi connectivity index (χ2n) is 6.53. The molecule has 1 N–H and O–H groups in total. The lowest BCUT2D eigenvalue weighted by Crippen LogP contribution is -2.34. The topological polar surface area (TPSA) is 90.5 Å². The Hall–Kier alpha value is -3.56. The number of nitrogens with one attached hydrogen (secondary N) is 1. The van der Waals surface area contributed by atoms with Crippen molar-refractivity contribution in [2.45, 2.75) is 32.2 Å². The van der Waals surface area contributed by atoms with Gasteiger partial charge in [0, 0.05) is 5.69 Å². The molecule has 10 heteroatoms. The maximum absolute atomic E-state index is 12.6. The second-order valence-corrected chi connectivity index (χ2v) is 6.53. The molecule has 1 amide bonds. The number of carbonyl (C=O) groups is 2. The Morgan fingerprint density at radius 3 is 2.33 bits per heavy atom. The van der Waals surface area contributed by atoms with Gasteiger partial charge in [0.15, 0.2) is 11.7 Å². The normalized spacial score (nSPS) is 13.6. The molecule has 2 atom stereocenters. The lowest BCUT2D eigenvalue weighted by atomic mass is 10.2. The van der Waals surface area contributed by atoms with Crippen LogP contribution in [0.3, 0.4) is 0 Å². The van der Waals surface area contributed by atoms with Crippen molar-refractivity contribution in [3.8, 4) is 0 Å². The summed E-state index contributed by atoms with van der Waals surface area (Å²) in [5, 5.41) is 2.37. The van der Waals surface area contributed by atoms with Crippen LogP contribution >= 0.6 is 0 Å². The molecule has 1 heterocycles. The molecule has 0 unspecified atom stereocenters. The number of rotatable bonds is 5. The summed E-state index contributed by atoms with van der Waals surface area (Å²) in [4.78, 5) is 36.7. The van der Waals surface area contributed by atoms with Crippen LogP contribution in [0.1, 0.15) is 25.5 Å². The first-order valence-electron chi connectivity index (χ1n) is 8.86. The summed E-state index contributed by atoms with van der Waals surface area (Å²) >= 11 is 0. The molecular weight excluding hydrogens is 405 g/mol. The fraction of sp³-hybridized carbons (Fsp3) is 0.250. The number of oxazole rings is 1. The largest absolute Gasteiger partial charge is 0.451 e. The predicted octanol–water partition coefficient (Wildman–Crippen LogP) is 3.74. The van der Waals surface area contributed by atoms with E-state index in [1.165, 1.54) is 13.8 Å². The molecule has 0 fully saturated rings. The molecule has 1 aromatic heterocycles. The molecule has 0 aliphatic rings. The molecule has 0 saturated carbocycles. The zero-order valence-electron chi connectivity index (χ0n) is 15.9. The van der Waals surface area contributed by atoms with Crippen LogP contribution in [0.15, 0.2) is 57.7 Å². The van der Waals surface area contributed by atoms with E-state index < -0.39 is 41.5 Å². The lowest BCUT2D eigenvalue weighted by Gasteiger charge is -2.17. The van der Waals surface area contributed by atoms with Gasteiger partial charge in [0.2, 0.25) is 0 Å². The maximum atomic E-state index is 12.6. The Labute approximate surface area is 168 Å². The number of esters is 1. The smallest absolute Gasteiger partial charge is 0.420 e. The maximum Gasteiger partial charge on any atom is 0.420 e. The van der Waals surface area contributed by atoms with Crippen LogP contribution in [0.4, 0.5) is 18.9 Å².